The smallest absolute Gasteiger partial charge is 0.0834 e. The minimum Gasteiger partial charge on any atom is -0.309 e. The maximum absolute atomic E-state index is 7.13. The first-order valence-electron chi connectivity index (χ1n) is 15.2. The van der Waals surface area contributed by atoms with E-state index in [1.54, 1.807) is 0 Å². The molecule has 0 spiro atoms. The molecule has 0 aliphatic carbocycles. The molecule has 0 atom stereocenters. The molecule has 8 aromatic rings. The van der Waals surface area contributed by atoms with Gasteiger partial charge >= 0.3 is 0 Å². The van der Waals surface area contributed by atoms with E-state index in [1.807, 2.05) is 18.2 Å². The number of anilines is 3. The van der Waals surface area contributed by atoms with Crippen molar-refractivity contribution in [1.82, 2.24) is 4.57 Å². The second kappa shape index (κ2) is 11.9. The van der Waals surface area contributed by atoms with E-state index in [2.05, 4.69) is 161 Å². The Bertz CT molecular complexity index is 2170. The van der Waals surface area contributed by atoms with Crippen molar-refractivity contribution >= 4 is 62.1 Å². The molecule has 0 unspecified atom stereocenters. The van der Waals surface area contributed by atoms with E-state index in [9.17, 15) is 0 Å². The highest BCUT2D eigenvalue weighted by Gasteiger charge is 2.21. The van der Waals surface area contributed by atoms with Crippen LogP contribution in [0.1, 0.15) is 0 Å². The summed E-state index contributed by atoms with van der Waals surface area (Å²) in [6, 6.07) is 59.1. The molecular formula is C42H28Cl2N2. The Labute approximate surface area is 278 Å². The van der Waals surface area contributed by atoms with Gasteiger partial charge in [0.15, 0.2) is 0 Å². The zero-order chi connectivity index (χ0) is 31.0. The van der Waals surface area contributed by atoms with Gasteiger partial charge in [-0.1, -0.05) is 145 Å². The molecule has 220 valence electrons. The average Bonchev–Trinajstić information content (AvgIpc) is 3.46. The molecule has 0 amide bonds. The number of benzene rings is 7. The summed E-state index contributed by atoms with van der Waals surface area (Å²) in [6.07, 6.45) is 0. The topological polar surface area (TPSA) is 8.17 Å². The molecule has 0 saturated heterocycles. The maximum Gasteiger partial charge on any atom is 0.0834 e. The van der Waals surface area contributed by atoms with Gasteiger partial charge in [0.2, 0.25) is 0 Å². The Morgan fingerprint density at radius 2 is 0.826 bits per heavy atom. The molecule has 0 fully saturated rings. The summed E-state index contributed by atoms with van der Waals surface area (Å²) in [7, 11) is 0. The van der Waals surface area contributed by atoms with Crippen LogP contribution in [0, 0.1) is 0 Å². The molecule has 0 aliphatic heterocycles. The van der Waals surface area contributed by atoms with E-state index in [4.69, 9.17) is 23.2 Å². The van der Waals surface area contributed by atoms with Crippen LogP contribution in [0.4, 0.5) is 17.1 Å². The number of rotatable bonds is 6. The molecule has 0 aliphatic rings. The van der Waals surface area contributed by atoms with E-state index >= 15 is 0 Å². The summed E-state index contributed by atoms with van der Waals surface area (Å²) < 4.78 is 2.27. The van der Waals surface area contributed by atoms with Gasteiger partial charge < -0.3 is 9.47 Å². The standard InChI is InChI=1S/C42H28Cl2N2/c43-38-27-35(46-39-17-9-7-15-36(39)37-16-8-10-18-40(37)46)28-41(42(38)44)45(33-23-19-31(20-24-33)29-11-3-1-4-12-29)34-25-21-32(22-26-34)30-13-5-2-6-14-30/h1-28H. The molecule has 8 rings (SSSR count). The predicted octanol–water partition coefficient (Wildman–Crippen LogP) is 12.9. The molecule has 0 saturated carbocycles. The number of aromatic nitrogens is 1. The molecular weight excluding hydrogens is 603 g/mol. The van der Waals surface area contributed by atoms with Crippen molar-refractivity contribution < 1.29 is 0 Å². The first kappa shape index (κ1) is 28.2. The van der Waals surface area contributed by atoms with Crippen molar-refractivity contribution in [2.45, 2.75) is 0 Å². The lowest BCUT2D eigenvalue weighted by atomic mass is 10.0. The Morgan fingerprint density at radius 1 is 0.413 bits per heavy atom. The molecule has 1 aromatic heterocycles. The third kappa shape index (κ3) is 5.02. The van der Waals surface area contributed by atoms with E-state index in [1.165, 1.54) is 21.9 Å². The predicted molar refractivity (Wildman–Crippen MR) is 196 cm³/mol. The lowest BCUT2D eigenvalue weighted by Crippen LogP contribution is -2.11. The highest BCUT2D eigenvalue weighted by molar-refractivity contribution is 6.44. The summed E-state index contributed by atoms with van der Waals surface area (Å²) in [5.41, 5.74) is 10.5. The number of nitrogens with zero attached hydrogens (tertiary/aromatic N) is 2. The van der Waals surface area contributed by atoms with Gasteiger partial charge in [-0.05, 0) is 70.8 Å². The molecule has 0 bridgehead atoms. The fourth-order valence-corrected chi connectivity index (χ4v) is 6.75. The number of halogens is 2. The molecule has 7 aromatic carbocycles. The van der Waals surface area contributed by atoms with Gasteiger partial charge in [-0.3, -0.25) is 0 Å². The minimum absolute atomic E-state index is 0.489. The van der Waals surface area contributed by atoms with Crippen LogP contribution in [0.5, 0.6) is 0 Å². The van der Waals surface area contributed by atoms with E-state index in [0.717, 1.165) is 44.9 Å². The van der Waals surface area contributed by atoms with Gasteiger partial charge in [0.1, 0.15) is 0 Å². The van der Waals surface area contributed by atoms with Crippen LogP contribution >= 0.6 is 23.2 Å². The van der Waals surface area contributed by atoms with Crippen LogP contribution in [0.3, 0.4) is 0 Å². The monoisotopic (exact) mass is 630 g/mol. The zero-order valence-electron chi connectivity index (χ0n) is 24.8. The normalized spacial score (nSPS) is 11.3. The Balaban J connectivity index is 1.32. The highest BCUT2D eigenvalue weighted by atomic mass is 35.5. The summed E-state index contributed by atoms with van der Waals surface area (Å²) in [5, 5.41) is 3.36. The molecule has 0 radical (unpaired) electrons. The SMILES string of the molecule is Clc1cc(-n2c3ccccc3c3ccccc32)cc(N(c2ccc(-c3ccccc3)cc2)c2ccc(-c3ccccc3)cc2)c1Cl. The summed E-state index contributed by atoms with van der Waals surface area (Å²) in [5.74, 6) is 0. The number of hydrogen-bond acceptors (Lipinski definition) is 1. The Kier molecular flexibility index (Phi) is 7.30. The van der Waals surface area contributed by atoms with Crippen molar-refractivity contribution in [2.24, 2.45) is 0 Å². The van der Waals surface area contributed by atoms with E-state index < -0.39 is 0 Å². The van der Waals surface area contributed by atoms with Crippen molar-refractivity contribution in [3.63, 3.8) is 0 Å². The molecule has 2 nitrogen and oxygen atoms in total. The van der Waals surface area contributed by atoms with Crippen LogP contribution in [0.2, 0.25) is 10.0 Å². The lowest BCUT2D eigenvalue weighted by molar-refractivity contribution is 1.17. The Morgan fingerprint density at radius 3 is 1.30 bits per heavy atom. The van der Waals surface area contributed by atoms with Crippen molar-refractivity contribution in [2.75, 3.05) is 4.90 Å². The third-order valence-corrected chi connectivity index (χ3v) is 9.33. The van der Waals surface area contributed by atoms with Crippen LogP contribution in [0.15, 0.2) is 170 Å². The molecule has 1 heterocycles. The summed E-state index contributed by atoms with van der Waals surface area (Å²) in [6.45, 7) is 0. The summed E-state index contributed by atoms with van der Waals surface area (Å²) in [4.78, 5) is 2.19. The fourth-order valence-electron chi connectivity index (χ4n) is 6.35. The zero-order valence-corrected chi connectivity index (χ0v) is 26.3. The van der Waals surface area contributed by atoms with Crippen LogP contribution in [-0.4, -0.2) is 4.57 Å². The van der Waals surface area contributed by atoms with Crippen LogP contribution in [0.25, 0.3) is 49.7 Å². The van der Waals surface area contributed by atoms with Crippen molar-refractivity contribution in [3.8, 4) is 27.9 Å². The quantitative estimate of drug-likeness (QED) is 0.177. The fraction of sp³-hybridized carbons (Fsp3) is 0. The number of fused-ring (bicyclic) bond motifs is 3. The number of hydrogen-bond donors (Lipinski definition) is 0. The Hall–Kier alpha value is -5.28. The molecule has 0 N–H and O–H groups in total. The average molecular weight is 632 g/mol. The van der Waals surface area contributed by atoms with Gasteiger partial charge in [0.05, 0.1) is 26.8 Å². The second-order valence-electron chi connectivity index (χ2n) is 11.3. The second-order valence-corrected chi connectivity index (χ2v) is 12.1. The first-order valence-corrected chi connectivity index (χ1v) is 16.0. The van der Waals surface area contributed by atoms with E-state index in [0.29, 0.717) is 10.0 Å². The van der Waals surface area contributed by atoms with Gasteiger partial charge in [-0.2, -0.15) is 0 Å². The highest BCUT2D eigenvalue weighted by Crippen LogP contribution is 2.45. The van der Waals surface area contributed by atoms with Crippen molar-refractivity contribution in [3.05, 3.63) is 180 Å². The summed E-state index contributed by atoms with van der Waals surface area (Å²) >= 11 is 14.1. The molecule has 46 heavy (non-hydrogen) atoms. The van der Waals surface area contributed by atoms with Crippen molar-refractivity contribution in [1.29, 1.82) is 0 Å². The first-order chi connectivity index (χ1) is 22.7. The maximum atomic E-state index is 7.13. The van der Waals surface area contributed by atoms with Gasteiger partial charge in [-0.25, -0.2) is 0 Å². The molecule has 4 heteroatoms. The largest absolute Gasteiger partial charge is 0.309 e. The van der Waals surface area contributed by atoms with E-state index in [-0.39, 0.29) is 0 Å². The van der Waals surface area contributed by atoms with Gasteiger partial charge in [0, 0.05) is 27.8 Å². The number of para-hydroxylation sites is 2. The third-order valence-electron chi connectivity index (χ3n) is 8.54. The minimum atomic E-state index is 0.489. The van der Waals surface area contributed by atoms with Crippen LogP contribution < -0.4 is 4.90 Å². The van der Waals surface area contributed by atoms with Crippen LogP contribution in [-0.2, 0) is 0 Å². The lowest BCUT2D eigenvalue weighted by Gasteiger charge is -2.28. The van der Waals surface area contributed by atoms with Gasteiger partial charge in [0.25, 0.3) is 0 Å². The van der Waals surface area contributed by atoms with Gasteiger partial charge in [-0.15, -0.1) is 0 Å².